The third-order valence-corrected chi connectivity index (χ3v) is 3.04. The molecule has 0 aromatic carbocycles. The van der Waals surface area contributed by atoms with Gasteiger partial charge >= 0.3 is 0 Å². The van der Waals surface area contributed by atoms with E-state index >= 15 is 0 Å². The van der Waals surface area contributed by atoms with E-state index in [1.165, 1.54) is 0 Å². The average molecular weight is 194 g/mol. The zero-order valence-electron chi connectivity index (χ0n) is 9.80. The number of piperazine rings is 1. The molecule has 14 heavy (non-hydrogen) atoms. The Labute approximate surface area is 88.1 Å². The molecule has 1 aliphatic heterocycles. The van der Waals surface area contributed by atoms with Gasteiger partial charge in [-0.25, -0.2) is 0 Å². The van der Waals surface area contributed by atoms with E-state index in [1.54, 1.807) is 0 Å². The SMILES string of the molecule is C#CCN1CC(C(C)(C)C)NCC1C. The minimum Gasteiger partial charge on any atom is -0.311 e. The van der Waals surface area contributed by atoms with E-state index in [2.05, 4.69) is 43.8 Å². The van der Waals surface area contributed by atoms with Crippen LogP contribution in [0.3, 0.4) is 0 Å². The van der Waals surface area contributed by atoms with Gasteiger partial charge in [0.1, 0.15) is 0 Å². The van der Waals surface area contributed by atoms with Crippen molar-refractivity contribution in [2.75, 3.05) is 19.6 Å². The van der Waals surface area contributed by atoms with Crippen molar-refractivity contribution in [2.45, 2.75) is 39.8 Å². The normalized spacial score (nSPS) is 29.9. The van der Waals surface area contributed by atoms with E-state index in [9.17, 15) is 0 Å². The van der Waals surface area contributed by atoms with Crippen molar-refractivity contribution in [3.8, 4) is 12.3 Å². The number of hydrogen-bond donors (Lipinski definition) is 1. The van der Waals surface area contributed by atoms with Gasteiger partial charge in [0.2, 0.25) is 0 Å². The van der Waals surface area contributed by atoms with Gasteiger partial charge in [0.15, 0.2) is 0 Å². The summed E-state index contributed by atoms with van der Waals surface area (Å²) in [5, 5.41) is 3.59. The molecule has 1 heterocycles. The fourth-order valence-corrected chi connectivity index (χ4v) is 1.84. The lowest BCUT2D eigenvalue weighted by atomic mass is 9.85. The molecule has 2 nitrogen and oxygen atoms in total. The predicted octanol–water partition coefficient (Wildman–Crippen LogP) is 1.33. The van der Waals surface area contributed by atoms with Crippen LogP contribution in [0.15, 0.2) is 0 Å². The van der Waals surface area contributed by atoms with Crippen LogP contribution in [0.5, 0.6) is 0 Å². The molecule has 0 radical (unpaired) electrons. The number of nitrogens with zero attached hydrogens (tertiary/aromatic N) is 1. The highest BCUT2D eigenvalue weighted by Gasteiger charge is 2.31. The Hall–Kier alpha value is -0.520. The topological polar surface area (TPSA) is 15.3 Å². The Morgan fingerprint density at radius 3 is 2.64 bits per heavy atom. The smallest absolute Gasteiger partial charge is 0.0602 e. The first-order chi connectivity index (χ1) is 6.45. The van der Waals surface area contributed by atoms with Crippen LogP contribution in [0.25, 0.3) is 0 Å². The molecule has 2 heteroatoms. The van der Waals surface area contributed by atoms with Crippen LogP contribution < -0.4 is 5.32 Å². The summed E-state index contributed by atoms with van der Waals surface area (Å²) in [6, 6.07) is 1.11. The number of nitrogens with one attached hydrogen (secondary N) is 1. The average Bonchev–Trinajstić information content (AvgIpc) is 2.07. The molecule has 0 aromatic rings. The van der Waals surface area contributed by atoms with Crippen molar-refractivity contribution in [3.63, 3.8) is 0 Å². The standard InChI is InChI=1S/C12H22N2/c1-6-7-14-9-11(12(3,4)5)13-8-10(14)2/h1,10-11,13H,7-9H2,2-5H3. The Morgan fingerprint density at radius 1 is 1.50 bits per heavy atom. The summed E-state index contributed by atoms with van der Waals surface area (Å²) in [6.07, 6.45) is 5.36. The largest absolute Gasteiger partial charge is 0.311 e. The molecule has 0 spiro atoms. The van der Waals surface area contributed by atoms with Crippen molar-refractivity contribution in [1.29, 1.82) is 0 Å². The van der Waals surface area contributed by atoms with Crippen molar-refractivity contribution in [1.82, 2.24) is 10.2 Å². The van der Waals surface area contributed by atoms with Crippen LogP contribution in [-0.4, -0.2) is 36.6 Å². The van der Waals surface area contributed by atoms with Crippen LogP contribution >= 0.6 is 0 Å². The summed E-state index contributed by atoms with van der Waals surface area (Å²) in [4.78, 5) is 2.38. The quantitative estimate of drug-likeness (QED) is 0.634. The van der Waals surface area contributed by atoms with Gasteiger partial charge < -0.3 is 5.32 Å². The van der Waals surface area contributed by atoms with Gasteiger partial charge in [-0.2, -0.15) is 0 Å². The highest BCUT2D eigenvalue weighted by Crippen LogP contribution is 2.23. The first kappa shape index (κ1) is 11.6. The molecule has 0 aromatic heterocycles. The third kappa shape index (κ3) is 2.73. The van der Waals surface area contributed by atoms with Crippen LogP contribution in [0.4, 0.5) is 0 Å². The van der Waals surface area contributed by atoms with E-state index in [-0.39, 0.29) is 0 Å². The summed E-state index contributed by atoms with van der Waals surface area (Å²) in [7, 11) is 0. The second kappa shape index (κ2) is 4.33. The predicted molar refractivity (Wildman–Crippen MR) is 61.1 cm³/mol. The maximum Gasteiger partial charge on any atom is 0.0602 e. The lowest BCUT2D eigenvalue weighted by Crippen LogP contribution is -2.59. The maximum absolute atomic E-state index is 5.36. The molecule has 0 aliphatic carbocycles. The van der Waals surface area contributed by atoms with Crippen molar-refractivity contribution in [3.05, 3.63) is 0 Å². The molecule has 1 saturated heterocycles. The number of rotatable bonds is 1. The Morgan fingerprint density at radius 2 is 2.14 bits per heavy atom. The fourth-order valence-electron chi connectivity index (χ4n) is 1.84. The van der Waals surface area contributed by atoms with Gasteiger partial charge in [-0.3, -0.25) is 4.90 Å². The monoisotopic (exact) mass is 194 g/mol. The van der Waals surface area contributed by atoms with Crippen LogP contribution in [0, 0.1) is 17.8 Å². The summed E-state index contributed by atoms with van der Waals surface area (Å²) in [6.45, 7) is 11.9. The van der Waals surface area contributed by atoms with Gasteiger partial charge in [-0.1, -0.05) is 26.7 Å². The molecule has 1 rings (SSSR count). The first-order valence-electron chi connectivity index (χ1n) is 5.36. The van der Waals surface area contributed by atoms with E-state index in [0.717, 1.165) is 19.6 Å². The lowest BCUT2D eigenvalue weighted by Gasteiger charge is -2.43. The minimum atomic E-state index is 0.312. The summed E-state index contributed by atoms with van der Waals surface area (Å²) >= 11 is 0. The molecule has 2 unspecified atom stereocenters. The molecule has 1 aliphatic rings. The minimum absolute atomic E-state index is 0.312. The molecule has 1 fully saturated rings. The Balaban J connectivity index is 2.58. The van der Waals surface area contributed by atoms with Crippen LogP contribution in [0.2, 0.25) is 0 Å². The maximum atomic E-state index is 5.36. The Kier molecular flexibility index (Phi) is 3.58. The van der Waals surface area contributed by atoms with Gasteiger partial charge in [-0.15, -0.1) is 6.42 Å². The molecular weight excluding hydrogens is 172 g/mol. The van der Waals surface area contributed by atoms with Gasteiger partial charge in [0.05, 0.1) is 6.54 Å². The van der Waals surface area contributed by atoms with Crippen molar-refractivity contribution < 1.29 is 0 Å². The van der Waals surface area contributed by atoms with Crippen molar-refractivity contribution in [2.24, 2.45) is 5.41 Å². The molecule has 0 amide bonds. The van der Waals surface area contributed by atoms with E-state index in [4.69, 9.17) is 6.42 Å². The molecule has 2 atom stereocenters. The van der Waals surface area contributed by atoms with Gasteiger partial charge in [0.25, 0.3) is 0 Å². The second-order valence-corrected chi connectivity index (χ2v) is 5.31. The molecule has 0 bridgehead atoms. The third-order valence-electron chi connectivity index (χ3n) is 3.04. The zero-order chi connectivity index (χ0) is 10.8. The number of terminal acetylenes is 1. The highest BCUT2D eigenvalue weighted by molar-refractivity contribution is 4.96. The summed E-state index contributed by atoms with van der Waals surface area (Å²) < 4.78 is 0. The summed E-state index contributed by atoms with van der Waals surface area (Å²) in [5.41, 5.74) is 0.312. The van der Waals surface area contributed by atoms with Crippen LogP contribution in [0.1, 0.15) is 27.7 Å². The summed E-state index contributed by atoms with van der Waals surface area (Å²) in [5.74, 6) is 2.74. The number of hydrogen-bond acceptors (Lipinski definition) is 2. The van der Waals surface area contributed by atoms with E-state index in [1.807, 2.05) is 0 Å². The fraction of sp³-hybridized carbons (Fsp3) is 0.833. The lowest BCUT2D eigenvalue weighted by molar-refractivity contribution is 0.106. The van der Waals surface area contributed by atoms with E-state index in [0.29, 0.717) is 17.5 Å². The highest BCUT2D eigenvalue weighted by atomic mass is 15.2. The zero-order valence-corrected chi connectivity index (χ0v) is 9.80. The molecule has 80 valence electrons. The molecule has 1 N–H and O–H groups in total. The van der Waals surface area contributed by atoms with Crippen LogP contribution in [-0.2, 0) is 0 Å². The molecule has 0 saturated carbocycles. The van der Waals surface area contributed by atoms with Gasteiger partial charge in [-0.05, 0) is 12.3 Å². The first-order valence-corrected chi connectivity index (χ1v) is 5.36. The van der Waals surface area contributed by atoms with Crippen molar-refractivity contribution >= 4 is 0 Å². The van der Waals surface area contributed by atoms with E-state index < -0.39 is 0 Å². The Bertz CT molecular complexity index is 221. The molecular formula is C12H22N2. The van der Waals surface area contributed by atoms with Gasteiger partial charge in [0, 0.05) is 25.2 Å². The second-order valence-electron chi connectivity index (χ2n) is 5.31.